The van der Waals surface area contributed by atoms with E-state index in [4.69, 9.17) is 31.5 Å². The number of fused-ring (bicyclic) bond motifs is 1. The van der Waals surface area contributed by atoms with Gasteiger partial charge in [-0.15, -0.1) is 0 Å². The molecule has 0 unspecified atom stereocenters. The molecule has 15 heteroatoms. The summed E-state index contributed by atoms with van der Waals surface area (Å²) >= 11 is 5.88. The van der Waals surface area contributed by atoms with Crippen molar-refractivity contribution in [2.75, 3.05) is 26.9 Å². The molecule has 2 aromatic carbocycles. The number of nitrogens with two attached hydrogens (primary N) is 1. The molecule has 4 N–H and O–H groups in total. The molecule has 1 fully saturated rings. The van der Waals surface area contributed by atoms with Crippen molar-refractivity contribution in [3.05, 3.63) is 70.1 Å². The van der Waals surface area contributed by atoms with Crippen molar-refractivity contribution >= 4 is 23.4 Å². The van der Waals surface area contributed by atoms with Gasteiger partial charge in [0.15, 0.2) is 11.5 Å². The van der Waals surface area contributed by atoms with E-state index < -0.39 is 76.6 Å². The summed E-state index contributed by atoms with van der Waals surface area (Å²) < 4.78 is 88.6. The average molecular weight is 642 g/mol. The molecule has 0 bridgehead atoms. The van der Waals surface area contributed by atoms with Crippen molar-refractivity contribution in [2.24, 2.45) is 5.73 Å². The molecular weight excluding hydrogens is 617 g/mol. The number of primary amides is 1. The number of methoxy groups -OCH3 is 1. The first-order valence-electron chi connectivity index (χ1n) is 13.2. The lowest BCUT2D eigenvalue weighted by Crippen LogP contribution is -2.52. The maximum atomic E-state index is 14.6. The van der Waals surface area contributed by atoms with Gasteiger partial charge in [0.25, 0.3) is 5.91 Å². The van der Waals surface area contributed by atoms with Gasteiger partial charge in [-0.25, -0.2) is 13.8 Å². The van der Waals surface area contributed by atoms with Gasteiger partial charge in [0, 0.05) is 16.7 Å². The number of nitrogens with zero attached hydrogens (tertiary/aromatic N) is 1. The van der Waals surface area contributed by atoms with E-state index in [1.807, 2.05) is 0 Å². The van der Waals surface area contributed by atoms with Crippen LogP contribution in [0.3, 0.4) is 0 Å². The molecule has 3 aromatic rings. The number of ether oxygens (including phenoxy) is 3. The Labute approximate surface area is 252 Å². The fourth-order valence-electron chi connectivity index (χ4n) is 4.66. The highest BCUT2D eigenvalue weighted by Crippen LogP contribution is 2.48. The van der Waals surface area contributed by atoms with E-state index >= 15 is 0 Å². The first kappa shape index (κ1) is 31.3. The summed E-state index contributed by atoms with van der Waals surface area (Å²) in [5.74, 6) is -2.88. The molecule has 2 heterocycles. The number of rotatable bonds is 10. The molecule has 0 radical (unpaired) electrons. The van der Waals surface area contributed by atoms with Crippen molar-refractivity contribution in [1.29, 1.82) is 0 Å². The number of alkyl halides is 4. The molecule has 0 saturated heterocycles. The smallest absolute Gasteiger partial charge is 0.424 e. The summed E-state index contributed by atoms with van der Waals surface area (Å²) in [6.45, 7) is -3.58. The van der Waals surface area contributed by atoms with Crippen molar-refractivity contribution in [1.82, 2.24) is 10.3 Å². The predicted molar refractivity (Wildman–Crippen MR) is 146 cm³/mol. The van der Waals surface area contributed by atoms with Gasteiger partial charge in [-0.2, -0.15) is 13.2 Å². The Morgan fingerprint density at radius 1 is 1.18 bits per heavy atom. The van der Waals surface area contributed by atoms with Crippen LogP contribution in [0.4, 0.5) is 22.0 Å². The lowest BCUT2D eigenvalue weighted by Gasteiger charge is -2.31. The molecule has 1 aromatic heterocycles. The fourth-order valence-corrected chi connectivity index (χ4v) is 4.84. The zero-order chi connectivity index (χ0) is 32.0. The number of aliphatic hydroxyl groups is 1. The molecule has 5 rings (SSSR count). The Hall–Kier alpha value is -4.17. The minimum atomic E-state index is -5.47. The number of carbonyl (C=O) groups excluding carboxylic acids is 2. The molecule has 234 valence electrons. The van der Waals surface area contributed by atoms with Crippen LogP contribution in [-0.4, -0.2) is 61.1 Å². The van der Waals surface area contributed by atoms with Gasteiger partial charge in [0.1, 0.15) is 36.0 Å². The van der Waals surface area contributed by atoms with Gasteiger partial charge < -0.3 is 30.4 Å². The Bertz CT molecular complexity index is 1640. The van der Waals surface area contributed by atoms with Crippen LogP contribution in [0, 0.1) is 5.82 Å². The number of nitrogens with one attached hydrogen (secondary N) is 1. The van der Waals surface area contributed by atoms with Crippen LogP contribution in [0.5, 0.6) is 17.2 Å². The molecule has 2 aliphatic rings. The Kier molecular flexibility index (Phi) is 8.10. The van der Waals surface area contributed by atoms with E-state index in [1.54, 1.807) is 0 Å². The molecule has 9 nitrogen and oxygen atoms in total. The fraction of sp³-hybridized carbons (Fsp3) is 0.345. The third kappa shape index (κ3) is 5.47. The number of hydrogen-bond acceptors (Lipinski definition) is 7. The monoisotopic (exact) mass is 641 g/mol. The van der Waals surface area contributed by atoms with Crippen LogP contribution < -0.4 is 25.3 Å². The van der Waals surface area contributed by atoms with Gasteiger partial charge in [-0.3, -0.25) is 9.59 Å². The quantitative estimate of drug-likeness (QED) is 0.280. The predicted octanol–water partition coefficient (Wildman–Crippen LogP) is 4.36. The summed E-state index contributed by atoms with van der Waals surface area (Å²) in [6, 6.07) is 7.74. The topological polar surface area (TPSA) is 133 Å². The number of halogens is 6. The number of pyridine rings is 1. The van der Waals surface area contributed by atoms with Crippen LogP contribution >= 0.6 is 11.6 Å². The van der Waals surface area contributed by atoms with Gasteiger partial charge in [-0.1, -0.05) is 11.6 Å². The van der Waals surface area contributed by atoms with Crippen LogP contribution in [0.15, 0.2) is 42.5 Å². The van der Waals surface area contributed by atoms with Gasteiger partial charge >= 0.3 is 6.18 Å². The summed E-state index contributed by atoms with van der Waals surface area (Å²) in [7, 11) is 1.33. The first-order valence-corrected chi connectivity index (χ1v) is 13.5. The third-order valence-electron chi connectivity index (χ3n) is 7.49. The van der Waals surface area contributed by atoms with Gasteiger partial charge in [0.05, 0.1) is 30.5 Å². The highest BCUT2D eigenvalue weighted by Gasteiger charge is 2.58. The van der Waals surface area contributed by atoms with Gasteiger partial charge in [0.2, 0.25) is 11.5 Å². The number of aromatic nitrogens is 1. The van der Waals surface area contributed by atoms with Crippen LogP contribution in [0.1, 0.15) is 34.5 Å². The van der Waals surface area contributed by atoms with Crippen LogP contribution in [0.2, 0.25) is 5.02 Å². The van der Waals surface area contributed by atoms with E-state index in [9.17, 15) is 36.6 Å². The lowest BCUT2D eigenvalue weighted by atomic mass is 9.81. The van der Waals surface area contributed by atoms with E-state index in [1.165, 1.54) is 25.3 Å². The first-order chi connectivity index (χ1) is 20.7. The minimum Gasteiger partial charge on any atom is -0.493 e. The SMILES string of the molecule is COc1cc(C(=O)NC[C@](O)(c2cc3c(c(-c4ccc(F)c(Cl)c4)n2)OC[C@@]3(CF)C(N)=O)C(F)(F)F)ccc1OC1CC1. The number of hydrogen-bond donors (Lipinski definition) is 3. The third-order valence-corrected chi connectivity index (χ3v) is 7.78. The summed E-state index contributed by atoms with van der Waals surface area (Å²) in [5, 5.41) is 12.8. The summed E-state index contributed by atoms with van der Waals surface area (Å²) in [4.78, 5) is 29.3. The van der Waals surface area contributed by atoms with E-state index in [-0.39, 0.29) is 28.7 Å². The highest BCUT2D eigenvalue weighted by atomic mass is 35.5. The largest absolute Gasteiger partial charge is 0.493 e. The standard InChI is InChI=1S/C29H25ClF5N3O6/c1-42-21-9-15(3-7-20(21)44-16-4-5-16)25(39)37-12-28(41,29(33,34)35)22-10-17-24(43-13-27(17,11-31)26(36)40)23(38-22)14-2-6-19(32)18(30)8-14/h2-3,6-10,16,41H,4-5,11-13H2,1H3,(H2,36,40)(H,37,39)/t27-,28+/m1/s1. The maximum Gasteiger partial charge on any atom is 0.424 e. The van der Waals surface area contributed by atoms with Crippen LogP contribution in [-0.2, 0) is 15.8 Å². The molecule has 1 aliphatic heterocycles. The molecule has 1 saturated carbocycles. The van der Waals surface area contributed by atoms with E-state index in [0.717, 1.165) is 31.0 Å². The molecule has 2 amide bonds. The zero-order valence-electron chi connectivity index (χ0n) is 22.9. The summed E-state index contributed by atoms with van der Waals surface area (Å²) in [5.41, 5.74) is -2.75. The van der Waals surface area contributed by atoms with E-state index in [0.29, 0.717) is 11.8 Å². The minimum absolute atomic E-state index is 0.0112. The second-order valence-electron chi connectivity index (χ2n) is 10.5. The molecule has 2 atom stereocenters. The average Bonchev–Trinajstić information content (AvgIpc) is 3.72. The molecule has 0 spiro atoms. The number of benzene rings is 2. The number of amides is 2. The Balaban J connectivity index is 1.56. The number of carbonyl (C=O) groups is 2. The molecular formula is C29H25ClF5N3O6. The van der Waals surface area contributed by atoms with Crippen molar-refractivity contribution in [3.63, 3.8) is 0 Å². The Morgan fingerprint density at radius 2 is 1.91 bits per heavy atom. The second kappa shape index (κ2) is 11.4. The highest BCUT2D eigenvalue weighted by molar-refractivity contribution is 6.31. The maximum absolute atomic E-state index is 14.6. The molecule has 44 heavy (non-hydrogen) atoms. The van der Waals surface area contributed by atoms with Crippen molar-refractivity contribution in [2.45, 2.75) is 36.1 Å². The van der Waals surface area contributed by atoms with Gasteiger partial charge in [-0.05, 0) is 55.3 Å². The second-order valence-corrected chi connectivity index (χ2v) is 10.9. The van der Waals surface area contributed by atoms with Crippen molar-refractivity contribution < 1.29 is 50.9 Å². The normalized spacial score (nSPS) is 19.0. The van der Waals surface area contributed by atoms with Crippen LogP contribution in [0.25, 0.3) is 11.3 Å². The summed E-state index contributed by atoms with van der Waals surface area (Å²) in [6.07, 6.45) is -3.75. The lowest BCUT2D eigenvalue weighted by molar-refractivity contribution is -0.265. The molecule has 1 aliphatic carbocycles. The van der Waals surface area contributed by atoms with E-state index in [2.05, 4.69) is 10.3 Å². The van der Waals surface area contributed by atoms with Crippen molar-refractivity contribution in [3.8, 4) is 28.5 Å². The Morgan fingerprint density at radius 3 is 2.50 bits per heavy atom. The zero-order valence-corrected chi connectivity index (χ0v) is 23.7.